The molecule has 1 aliphatic carbocycles. The summed E-state index contributed by atoms with van der Waals surface area (Å²) in [6.07, 6.45) is 2.50. The number of halogens is 1. The van der Waals surface area contributed by atoms with E-state index in [0.29, 0.717) is 13.2 Å². The summed E-state index contributed by atoms with van der Waals surface area (Å²) in [5, 5.41) is 2.91. The minimum Gasteiger partial charge on any atom is -0.352 e. The molecule has 3 N–H and O–H groups in total. The van der Waals surface area contributed by atoms with Crippen molar-refractivity contribution >= 4 is 18.3 Å². The maximum Gasteiger partial charge on any atom is 0.236 e. The Morgan fingerprint density at radius 1 is 1.50 bits per heavy atom. The van der Waals surface area contributed by atoms with Crippen molar-refractivity contribution in [3.63, 3.8) is 0 Å². The molecule has 2 fully saturated rings. The standard InChI is InChI=1S/C10H18N2O3.ClH/c1-7(11)9(13)12-8-2-3-10(6-8)14-4-5-15-10;/h7-8H,2-6,11H2,1H3,(H,12,13);1H/t7-,8?;/m1./s1. The quantitative estimate of drug-likeness (QED) is 0.733. The Hall–Kier alpha value is -0.360. The highest BCUT2D eigenvalue weighted by atomic mass is 35.5. The second-order valence-corrected chi connectivity index (χ2v) is 4.34. The Morgan fingerprint density at radius 2 is 2.12 bits per heavy atom. The van der Waals surface area contributed by atoms with E-state index >= 15 is 0 Å². The number of amides is 1. The van der Waals surface area contributed by atoms with Crippen molar-refractivity contribution in [2.75, 3.05) is 13.2 Å². The molecule has 2 aliphatic rings. The Bertz CT molecular complexity index is 254. The van der Waals surface area contributed by atoms with E-state index in [0.717, 1.165) is 19.3 Å². The van der Waals surface area contributed by atoms with Crippen LogP contribution in [0.25, 0.3) is 0 Å². The number of nitrogens with one attached hydrogen (secondary N) is 1. The van der Waals surface area contributed by atoms with Crippen molar-refractivity contribution in [2.45, 2.75) is 44.1 Å². The van der Waals surface area contributed by atoms with Crippen LogP contribution in [0, 0.1) is 0 Å². The molecule has 1 heterocycles. The lowest BCUT2D eigenvalue weighted by atomic mass is 10.2. The number of ether oxygens (including phenoxy) is 2. The second kappa shape index (κ2) is 5.31. The van der Waals surface area contributed by atoms with Gasteiger partial charge in [-0.3, -0.25) is 4.79 Å². The third kappa shape index (κ3) is 2.85. The average Bonchev–Trinajstić information content (AvgIpc) is 2.78. The zero-order valence-corrected chi connectivity index (χ0v) is 10.2. The van der Waals surface area contributed by atoms with Crippen molar-refractivity contribution in [3.8, 4) is 0 Å². The van der Waals surface area contributed by atoms with Crippen LogP contribution in [0.4, 0.5) is 0 Å². The van der Waals surface area contributed by atoms with Crippen molar-refractivity contribution in [3.05, 3.63) is 0 Å². The molecule has 1 unspecified atom stereocenters. The maximum atomic E-state index is 11.4. The third-order valence-electron chi connectivity index (χ3n) is 3.00. The Balaban J connectivity index is 0.00000128. The lowest BCUT2D eigenvalue weighted by Gasteiger charge is -2.22. The highest BCUT2D eigenvalue weighted by Gasteiger charge is 2.44. The summed E-state index contributed by atoms with van der Waals surface area (Å²) in [6.45, 7) is 3.00. The maximum absolute atomic E-state index is 11.4. The number of hydrogen-bond acceptors (Lipinski definition) is 4. The second-order valence-electron chi connectivity index (χ2n) is 4.34. The van der Waals surface area contributed by atoms with Crippen molar-refractivity contribution in [1.82, 2.24) is 5.32 Å². The third-order valence-corrected chi connectivity index (χ3v) is 3.00. The van der Waals surface area contributed by atoms with Crippen LogP contribution in [-0.2, 0) is 14.3 Å². The highest BCUT2D eigenvalue weighted by molar-refractivity contribution is 5.85. The van der Waals surface area contributed by atoms with Gasteiger partial charge in [0.1, 0.15) is 0 Å². The summed E-state index contributed by atoms with van der Waals surface area (Å²) in [5.74, 6) is -0.523. The number of carbonyl (C=O) groups is 1. The molecular formula is C10H19ClN2O3. The first-order chi connectivity index (χ1) is 7.11. The van der Waals surface area contributed by atoms with E-state index in [1.54, 1.807) is 6.92 Å². The zero-order chi connectivity index (χ0) is 10.9. The van der Waals surface area contributed by atoms with E-state index in [-0.39, 0.29) is 24.4 Å². The summed E-state index contributed by atoms with van der Waals surface area (Å²) < 4.78 is 11.1. The molecule has 0 bridgehead atoms. The smallest absolute Gasteiger partial charge is 0.236 e. The van der Waals surface area contributed by atoms with Gasteiger partial charge in [-0.25, -0.2) is 0 Å². The predicted molar refractivity (Wildman–Crippen MR) is 61.3 cm³/mol. The molecule has 0 aromatic heterocycles. The lowest BCUT2D eigenvalue weighted by Crippen LogP contribution is -2.43. The predicted octanol–water partition coefficient (Wildman–Crippen LogP) is 0.167. The number of nitrogens with two attached hydrogens (primary N) is 1. The summed E-state index contributed by atoms with van der Waals surface area (Å²) >= 11 is 0. The fourth-order valence-corrected chi connectivity index (χ4v) is 2.19. The summed E-state index contributed by atoms with van der Waals surface area (Å²) in [4.78, 5) is 11.4. The van der Waals surface area contributed by atoms with Gasteiger partial charge in [0.25, 0.3) is 0 Å². The van der Waals surface area contributed by atoms with Gasteiger partial charge in [-0.2, -0.15) is 0 Å². The summed E-state index contributed by atoms with van der Waals surface area (Å²) in [5.41, 5.74) is 5.48. The first-order valence-corrected chi connectivity index (χ1v) is 5.45. The molecule has 1 aliphatic heterocycles. The molecule has 1 amide bonds. The van der Waals surface area contributed by atoms with Crippen molar-refractivity contribution in [1.29, 1.82) is 0 Å². The number of carbonyl (C=O) groups excluding carboxylic acids is 1. The lowest BCUT2D eigenvalue weighted by molar-refractivity contribution is -0.151. The Labute approximate surface area is 101 Å². The topological polar surface area (TPSA) is 73.6 Å². The van der Waals surface area contributed by atoms with Gasteiger partial charge in [-0.15, -0.1) is 12.4 Å². The number of rotatable bonds is 2. The van der Waals surface area contributed by atoms with Gasteiger partial charge in [0, 0.05) is 18.9 Å². The fraction of sp³-hybridized carbons (Fsp3) is 0.900. The molecule has 16 heavy (non-hydrogen) atoms. The van der Waals surface area contributed by atoms with Crippen LogP contribution < -0.4 is 11.1 Å². The van der Waals surface area contributed by atoms with E-state index in [1.807, 2.05) is 0 Å². The molecule has 1 spiro atoms. The van der Waals surface area contributed by atoms with E-state index in [4.69, 9.17) is 15.2 Å². The summed E-state index contributed by atoms with van der Waals surface area (Å²) in [7, 11) is 0. The molecule has 0 aromatic carbocycles. The SMILES string of the molecule is C[C@@H](N)C(=O)NC1CCC2(C1)OCCO2.Cl. The molecule has 5 nitrogen and oxygen atoms in total. The van der Waals surface area contributed by atoms with Gasteiger partial charge in [-0.1, -0.05) is 0 Å². The Kier molecular flexibility index (Phi) is 4.55. The minimum absolute atomic E-state index is 0. The highest BCUT2D eigenvalue weighted by Crippen LogP contribution is 2.37. The van der Waals surface area contributed by atoms with E-state index in [2.05, 4.69) is 5.32 Å². The molecule has 0 aromatic rings. The fourth-order valence-electron chi connectivity index (χ4n) is 2.19. The molecule has 2 atom stereocenters. The summed E-state index contributed by atoms with van der Waals surface area (Å²) in [6, 6.07) is -0.312. The van der Waals surface area contributed by atoms with Gasteiger partial charge >= 0.3 is 0 Å². The van der Waals surface area contributed by atoms with Gasteiger partial charge in [-0.05, 0) is 13.3 Å². The first kappa shape index (κ1) is 13.7. The molecule has 0 radical (unpaired) electrons. The van der Waals surface area contributed by atoms with Crippen molar-refractivity contribution in [2.24, 2.45) is 5.73 Å². The van der Waals surface area contributed by atoms with E-state index < -0.39 is 11.8 Å². The van der Waals surface area contributed by atoms with Gasteiger partial charge < -0.3 is 20.5 Å². The molecule has 1 saturated carbocycles. The van der Waals surface area contributed by atoms with Crippen LogP contribution >= 0.6 is 12.4 Å². The molecule has 94 valence electrons. The monoisotopic (exact) mass is 250 g/mol. The minimum atomic E-state index is -0.452. The van der Waals surface area contributed by atoms with Gasteiger partial charge in [0.2, 0.25) is 5.91 Å². The largest absolute Gasteiger partial charge is 0.352 e. The Morgan fingerprint density at radius 3 is 2.69 bits per heavy atom. The molecule has 6 heteroatoms. The van der Waals surface area contributed by atoms with Crippen molar-refractivity contribution < 1.29 is 14.3 Å². The average molecular weight is 251 g/mol. The van der Waals surface area contributed by atoms with Gasteiger partial charge in [0.05, 0.1) is 19.3 Å². The van der Waals surface area contributed by atoms with Crippen LogP contribution in [-0.4, -0.2) is 37.0 Å². The normalized spacial score (nSPS) is 28.8. The van der Waals surface area contributed by atoms with Crippen LogP contribution in [0.2, 0.25) is 0 Å². The zero-order valence-electron chi connectivity index (χ0n) is 9.40. The first-order valence-electron chi connectivity index (χ1n) is 5.45. The van der Waals surface area contributed by atoms with Crippen LogP contribution in [0.15, 0.2) is 0 Å². The van der Waals surface area contributed by atoms with Crippen LogP contribution in [0.5, 0.6) is 0 Å². The molecule has 1 saturated heterocycles. The van der Waals surface area contributed by atoms with Gasteiger partial charge in [0.15, 0.2) is 5.79 Å². The van der Waals surface area contributed by atoms with Crippen LogP contribution in [0.1, 0.15) is 26.2 Å². The molecular weight excluding hydrogens is 232 g/mol. The number of hydrogen-bond donors (Lipinski definition) is 2. The van der Waals surface area contributed by atoms with E-state index in [1.165, 1.54) is 0 Å². The van der Waals surface area contributed by atoms with Crippen LogP contribution in [0.3, 0.4) is 0 Å². The molecule has 2 rings (SSSR count). The van der Waals surface area contributed by atoms with E-state index in [9.17, 15) is 4.79 Å².